The van der Waals surface area contributed by atoms with Crippen LogP contribution < -0.4 is 5.73 Å². The van der Waals surface area contributed by atoms with E-state index in [1.807, 2.05) is 0 Å². The van der Waals surface area contributed by atoms with Crippen molar-refractivity contribution >= 4 is 0 Å². The largest absolute Gasteiger partial charge is 0.373 e. The second-order valence-corrected chi connectivity index (χ2v) is 4.09. The van der Waals surface area contributed by atoms with Crippen molar-refractivity contribution in [3.05, 3.63) is 35.4 Å². The van der Waals surface area contributed by atoms with E-state index >= 15 is 0 Å². The first kappa shape index (κ1) is 10.7. The van der Waals surface area contributed by atoms with E-state index in [4.69, 9.17) is 10.5 Å². The fourth-order valence-corrected chi connectivity index (χ4v) is 2.19. The molecule has 0 saturated carbocycles. The Kier molecular flexibility index (Phi) is 3.75. The van der Waals surface area contributed by atoms with Crippen LogP contribution in [0.1, 0.15) is 36.5 Å². The Morgan fingerprint density at radius 3 is 3.07 bits per heavy atom. The van der Waals surface area contributed by atoms with Gasteiger partial charge in [0.15, 0.2) is 0 Å². The molecule has 1 aromatic rings. The molecule has 0 radical (unpaired) electrons. The molecule has 0 aliphatic heterocycles. The van der Waals surface area contributed by atoms with Crippen molar-refractivity contribution in [2.75, 3.05) is 13.2 Å². The van der Waals surface area contributed by atoms with Gasteiger partial charge in [0.25, 0.3) is 0 Å². The highest BCUT2D eigenvalue weighted by molar-refractivity contribution is 5.31. The van der Waals surface area contributed by atoms with Crippen molar-refractivity contribution in [2.24, 2.45) is 5.73 Å². The summed E-state index contributed by atoms with van der Waals surface area (Å²) in [5, 5.41) is 0. The average molecular weight is 205 g/mol. The van der Waals surface area contributed by atoms with Crippen molar-refractivity contribution in [2.45, 2.75) is 31.8 Å². The van der Waals surface area contributed by atoms with E-state index in [1.54, 1.807) is 0 Å². The zero-order valence-corrected chi connectivity index (χ0v) is 9.11. The summed E-state index contributed by atoms with van der Waals surface area (Å²) < 4.78 is 5.87. The molecule has 0 heterocycles. The Balaban J connectivity index is 2.02. The second-order valence-electron chi connectivity index (χ2n) is 4.09. The van der Waals surface area contributed by atoms with Gasteiger partial charge in [-0.3, -0.25) is 0 Å². The van der Waals surface area contributed by atoms with Gasteiger partial charge in [0.05, 0.1) is 6.10 Å². The van der Waals surface area contributed by atoms with Gasteiger partial charge < -0.3 is 10.5 Å². The number of benzene rings is 1. The van der Waals surface area contributed by atoms with Crippen LogP contribution in [0.15, 0.2) is 24.3 Å². The molecule has 2 heteroatoms. The molecule has 0 fully saturated rings. The lowest BCUT2D eigenvalue weighted by atomic mass is 9.89. The first-order chi connectivity index (χ1) is 7.42. The fraction of sp³-hybridized carbons (Fsp3) is 0.538. The Morgan fingerprint density at radius 2 is 2.20 bits per heavy atom. The number of rotatable bonds is 4. The molecule has 2 nitrogen and oxygen atoms in total. The van der Waals surface area contributed by atoms with Gasteiger partial charge in [0, 0.05) is 6.61 Å². The lowest BCUT2D eigenvalue weighted by Gasteiger charge is -2.25. The molecule has 0 aromatic heterocycles. The first-order valence-corrected chi connectivity index (χ1v) is 5.81. The molecule has 15 heavy (non-hydrogen) atoms. The van der Waals surface area contributed by atoms with Crippen LogP contribution in [0.3, 0.4) is 0 Å². The van der Waals surface area contributed by atoms with E-state index in [-0.39, 0.29) is 0 Å². The van der Waals surface area contributed by atoms with Crippen molar-refractivity contribution in [1.82, 2.24) is 0 Å². The summed E-state index contributed by atoms with van der Waals surface area (Å²) in [7, 11) is 0. The Hall–Kier alpha value is -0.860. The Bertz CT molecular complexity index is 311. The molecular formula is C13H19NO. The standard InChI is InChI=1S/C13H19NO/c14-9-4-10-15-13-8-3-6-11-5-1-2-7-12(11)13/h1-2,5,7,13H,3-4,6,8-10,14H2. The van der Waals surface area contributed by atoms with Crippen LogP contribution in [0.4, 0.5) is 0 Å². The van der Waals surface area contributed by atoms with E-state index in [9.17, 15) is 0 Å². The predicted molar refractivity (Wildman–Crippen MR) is 61.7 cm³/mol. The monoisotopic (exact) mass is 205 g/mol. The highest BCUT2D eigenvalue weighted by Gasteiger charge is 2.19. The number of aryl methyl sites for hydroxylation is 1. The number of fused-ring (bicyclic) bond motifs is 1. The summed E-state index contributed by atoms with van der Waals surface area (Å²) in [5.41, 5.74) is 8.31. The van der Waals surface area contributed by atoms with Gasteiger partial charge >= 0.3 is 0 Å². The molecule has 1 aliphatic carbocycles. The predicted octanol–water partition coefficient (Wildman–Crippen LogP) is 2.43. The summed E-state index contributed by atoms with van der Waals surface area (Å²) >= 11 is 0. The summed E-state index contributed by atoms with van der Waals surface area (Å²) in [4.78, 5) is 0. The Labute approximate surface area is 91.4 Å². The highest BCUT2D eigenvalue weighted by Crippen LogP contribution is 2.32. The van der Waals surface area contributed by atoms with E-state index in [0.717, 1.165) is 19.4 Å². The molecular weight excluding hydrogens is 186 g/mol. The molecule has 2 N–H and O–H groups in total. The summed E-state index contributed by atoms with van der Waals surface area (Å²) in [6.45, 7) is 1.50. The third-order valence-corrected chi connectivity index (χ3v) is 2.98. The SMILES string of the molecule is NCCCOC1CCCc2ccccc21. The molecule has 0 bridgehead atoms. The molecule has 0 saturated heterocycles. The molecule has 2 rings (SSSR count). The van der Waals surface area contributed by atoms with E-state index in [1.165, 1.54) is 24.0 Å². The Morgan fingerprint density at radius 1 is 1.33 bits per heavy atom. The molecule has 0 amide bonds. The number of nitrogens with two attached hydrogens (primary N) is 1. The maximum Gasteiger partial charge on any atom is 0.0827 e. The summed E-state index contributed by atoms with van der Waals surface area (Å²) in [5.74, 6) is 0. The maximum atomic E-state index is 5.87. The molecule has 82 valence electrons. The lowest BCUT2D eigenvalue weighted by Crippen LogP contribution is -2.14. The second kappa shape index (κ2) is 5.29. The number of hydrogen-bond donors (Lipinski definition) is 1. The van der Waals surface area contributed by atoms with Gasteiger partial charge in [-0.25, -0.2) is 0 Å². The van der Waals surface area contributed by atoms with Gasteiger partial charge in [0.2, 0.25) is 0 Å². The minimum atomic E-state index is 0.307. The number of hydrogen-bond acceptors (Lipinski definition) is 2. The fourth-order valence-electron chi connectivity index (χ4n) is 2.19. The van der Waals surface area contributed by atoms with Crippen LogP contribution in [0.5, 0.6) is 0 Å². The molecule has 1 atom stereocenters. The van der Waals surface area contributed by atoms with Gasteiger partial charge in [0.1, 0.15) is 0 Å². The normalized spacial score (nSPS) is 19.9. The van der Waals surface area contributed by atoms with Crippen molar-refractivity contribution in [3.63, 3.8) is 0 Å². The van der Waals surface area contributed by atoms with Gasteiger partial charge in [-0.15, -0.1) is 0 Å². The number of ether oxygens (including phenoxy) is 1. The zero-order chi connectivity index (χ0) is 10.5. The van der Waals surface area contributed by atoms with Crippen molar-refractivity contribution < 1.29 is 4.74 Å². The maximum absolute atomic E-state index is 5.87. The third-order valence-electron chi connectivity index (χ3n) is 2.98. The van der Waals surface area contributed by atoms with E-state index in [2.05, 4.69) is 24.3 Å². The third kappa shape index (κ3) is 2.58. The zero-order valence-electron chi connectivity index (χ0n) is 9.11. The van der Waals surface area contributed by atoms with Crippen molar-refractivity contribution in [1.29, 1.82) is 0 Å². The van der Waals surface area contributed by atoms with Crippen LogP contribution in [0.2, 0.25) is 0 Å². The van der Waals surface area contributed by atoms with Gasteiger partial charge in [-0.05, 0) is 43.4 Å². The van der Waals surface area contributed by atoms with Crippen LogP contribution in [-0.4, -0.2) is 13.2 Å². The summed E-state index contributed by atoms with van der Waals surface area (Å²) in [6, 6.07) is 8.62. The minimum Gasteiger partial charge on any atom is -0.373 e. The molecule has 0 spiro atoms. The van der Waals surface area contributed by atoms with Crippen LogP contribution in [0.25, 0.3) is 0 Å². The van der Waals surface area contributed by atoms with Crippen molar-refractivity contribution in [3.8, 4) is 0 Å². The summed E-state index contributed by atoms with van der Waals surface area (Å²) in [6.07, 6.45) is 4.86. The first-order valence-electron chi connectivity index (χ1n) is 5.81. The van der Waals surface area contributed by atoms with Crippen LogP contribution in [0, 0.1) is 0 Å². The topological polar surface area (TPSA) is 35.2 Å². The van der Waals surface area contributed by atoms with Crippen LogP contribution >= 0.6 is 0 Å². The lowest BCUT2D eigenvalue weighted by molar-refractivity contribution is 0.0402. The van der Waals surface area contributed by atoms with Gasteiger partial charge in [-0.1, -0.05) is 24.3 Å². The minimum absolute atomic E-state index is 0.307. The van der Waals surface area contributed by atoms with E-state index in [0.29, 0.717) is 12.6 Å². The quantitative estimate of drug-likeness (QED) is 0.766. The smallest absolute Gasteiger partial charge is 0.0827 e. The van der Waals surface area contributed by atoms with E-state index < -0.39 is 0 Å². The molecule has 1 aliphatic rings. The average Bonchev–Trinajstić information content (AvgIpc) is 2.30. The molecule has 1 unspecified atom stereocenters. The van der Waals surface area contributed by atoms with Crippen LogP contribution in [-0.2, 0) is 11.2 Å². The van der Waals surface area contributed by atoms with Gasteiger partial charge in [-0.2, -0.15) is 0 Å². The highest BCUT2D eigenvalue weighted by atomic mass is 16.5. The molecule has 1 aromatic carbocycles.